The molecular weight excluding hydrogens is 429 g/mol. The summed E-state index contributed by atoms with van der Waals surface area (Å²) in [4.78, 5) is 21.7. The Morgan fingerprint density at radius 1 is 1.10 bits per heavy atom. The SMILES string of the molecule is O=C(NC1CCCCC1)c1cnc(Sc2cncc(-c3ccc(Cl)cc3Cl)c2)o1. The average Bonchev–Trinajstić information content (AvgIpc) is 3.17. The molecule has 8 heteroatoms. The zero-order valence-electron chi connectivity index (χ0n) is 15.5. The number of hydrogen-bond acceptors (Lipinski definition) is 5. The molecule has 4 rings (SSSR count). The van der Waals surface area contributed by atoms with Gasteiger partial charge in [-0.25, -0.2) is 4.98 Å². The fourth-order valence-corrected chi connectivity index (χ4v) is 4.62. The van der Waals surface area contributed by atoms with E-state index in [2.05, 4.69) is 15.3 Å². The van der Waals surface area contributed by atoms with E-state index in [0.29, 0.717) is 15.3 Å². The molecule has 3 aromatic rings. The molecule has 2 heterocycles. The number of rotatable bonds is 5. The van der Waals surface area contributed by atoms with Gasteiger partial charge in [-0.05, 0) is 42.8 Å². The maximum absolute atomic E-state index is 12.4. The van der Waals surface area contributed by atoms with Gasteiger partial charge in [0.05, 0.1) is 6.20 Å². The second-order valence-electron chi connectivity index (χ2n) is 6.93. The van der Waals surface area contributed by atoms with Crippen LogP contribution in [0.4, 0.5) is 0 Å². The van der Waals surface area contributed by atoms with Gasteiger partial charge in [-0.3, -0.25) is 9.78 Å². The maximum Gasteiger partial charge on any atom is 0.288 e. The number of carbonyl (C=O) groups excluding carboxylic acids is 1. The van der Waals surface area contributed by atoms with Crippen LogP contribution >= 0.6 is 35.0 Å². The summed E-state index contributed by atoms with van der Waals surface area (Å²) in [6, 6.07) is 7.51. The molecular formula is C21H19Cl2N3O2S. The fourth-order valence-electron chi connectivity index (χ4n) is 3.36. The van der Waals surface area contributed by atoms with E-state index in [1.54, 1.807) is 24.5 Å². The van der Waals surface area contributed by atoms with Crippen LogP contribution in [0.3, 0.4) is 0 Å². The molecule has 0 radical (unpaired) electrons. The molecule has 1 aliphatic carbocycles. The Kier molecular flexibility index (Phi) is 6.43. The molecule has 1 saturated carbocycles. The van der Waals surface area contributed by atoms with Crippen molar-refractivity contribution >= 4 is 40.9 Å². The highest BCUT2D eigenvalue weighted by Crippen LogP contribution is 2.34. The number of pyridine rings is 1. The number of benzene rings is 1. The van der Waals surface area contributed by atoms with E-state index in [9.17, 15) is 4.79 Å². The van der Waals surface area contributed by atoms with Gasteiger partial charge in [0.1, 0.15) is 0 Å². The molecule has 0 saturated heterocycles. The van der Waals surface area contributed by atoms with Gasteiger partial charge in [-0.2, -0.15) is 0 Å². The highest BCUT2D eigenvalue weighted by Gasteiger charge is 2.19. The summed E-state index contributed by atoms with van der Waals surface area (Å²) in [6.45, 7) is 0. The van der Waals surface area contributed by atoms with Crippen molar-refractivity contribution in [1.82, 2.24) is 15.3 Å². The molecule has 1 N–H and O–H groups in total. The van der Waals surface area contributed by atoms with Crippen LogP contribution in [0.15, 0.2) is 57.4 Å². The zero-order chi connectivity index (χ0) is 20.2. The third-order valence-electron chi connectivity index (χ3n) is 4.81. The van der Waals surface area contributed by atoms with Crippen molar-refractivity contribution in [2.45, 2.75) is 48.3 Å². The Morgan fingerprint density at radius 2 is 1.93 bits per heavy atom. The summed E-state index contributed by atoms with van der Waals surface area (Å²) in [5.41, 5.74) is 1.70. The summed E-state index contributed by atoms with van der Waals surface area (Å²) in [7, 11) is 0. The molecule has 1 aromatic carbocycles. The highest BCUT2D eigenvalue weighted by atomic mass is 35.5. The average molecular weight is 448 g/mol. The quantitative estimate of drug-likeness (QED) is 0.499. The van der Waals surface area contributed by atoms with Crippen molar-refractivity contribution in [3.63, 3.8) is 0 Å². The molecule has 1 amide bonds. The summed E-state index contributed by atoms with van der Waals surface area (Å²) in [6.07, 6.45) is 10.5. The number of aromatic nitrogens is 2. The van der Waals surface area contributed by atoms with E-state index >= 15 is 0 Å². The van der Waals surface area contributed by atoms with Crippen LogP contribution in [0.2, 0.25) is 10.0 Å². The lowest BCUT2D eigenvalue weighted by atomic mass is 9.95. The van der Waals surface area contributed by atoms with E-state index < -0.39 is 0 Å². The third kappa shape index (κ3) is 5.13. The minimum Gasteiger partial charge on any atom is -0.426 e. The van der Waals surface area contributed by atoms with Gasteiger partial charge >= 0.3 is 0 Å². The van der Waals surface area contributed by atoms with Crippen LogP contribution in [0.1, 0.15) is 42.7 Å². The van der Waals surface area contributed by atoms with Crippen LogP contribution in [-0.4, -0.2) is 21.9 Å². The molecule has 1 aliphatic rings. The number of carbonyl (C=O) groups is 1. The standard InChI is InChI=1S/C21H19Cl2N3O2S/c22-14-6-7-17(18(23)9-14)13-8-16(11-24-10-13)29-21-25-12-19(28-21)20(27)26-15-4-2-1-3-5-15/h6-12,15H,1-5H2,(H,26,27). The molecule has 5 nitrogen and oxygen atoms in total. The number of hydrogen-bond donors (Lipinski definition) is 1. The van der Waals surface area contributed by atoms with Gasteiger partial charge in [-0.1, -0.05) is 48.5 Å². The molecule has 0 unspecified atom stereocenters. The van der Waals surface area contributed by atoms with Crippen LogP contribution < -0.4 is 5.32 Å². The Hall–Kier alpha value is -2.02. The van der Waals surface area contributed by atoms with E-state index in [1.165, 1.54) is 24.4 Å². The first-order chi connectivity index (χ1) is 14.1. The Balaban J connectivity index is 1.45. The van der Waals surface area contributed by atoms with Crippen molar-refractivity contribution in [1.29, 1.82) is 0 Å². The summed E-state index contributed by atoms with van der Waals surface area (Å²) in [5.74, 6) is 0.0130. The molecule has 0 bridgehead atoms. The summed E-state index contributed by atoms with van der Waals surface area (Å²) in [5, 5.41) is 4.56. The number of halogens is 2. The first-order valence-electron chi connectivity index (χ1n) is 9.43. The third-order valence-corrected chi connectivity index (χ3v) is 6.18. The van der Waals surface area contributed by atoms with Gasteiger partial charge in [-0.15, -0.1) is 0 Å². The van der Waals surface area contributed by atoms with Crippen molar-refractivity contribution in [2.75, 3.05) is 0 Å². The second-order valence-corrected chi connectivity index (χ2v) is 8.80. The van der Waals surface area contributed by atoms with Crippen LogP contribution in [0, 0.1) is 0 Å². The molecule has 0 aliphatic heterocycles. The van der Waals surface area contributed by atoms with E-state index in [0.717, 1.165) is 41.7 Å². The molecule has 29 heavy (non-hydrogen) atoms. The molecule has 0 atom stereocenters. The minimum absolute atomic E-state index is 0.212. The van der Waals surface area contributed by atoms with Crippen molar-refractivity contribution in [2.24, 2.45) is 0 Å². The lowest BCUT2D eigenvalue weighted by Crippen LogP contribution is -2.35. The predicted molar refractivity (Wildman–Crippen MR) is 115 cm³/mol. The van der Waals surface area contributed by atoms with Crippen molar-refractivity contribution < 1.29 is 9.21 Å². The van der Waals surface area contributed by atoms with E-state index in [-0.39, 0.29) is 17.7 Å². The number of nitrogens with zero attached hydrogens (tertiary/aromatic N) is 2. The molecule has 150 valence electrons. The van der Waals surface area contributed by atoms with Gasteiger partial charge in [0.25, 0.3) is 11.1 Å². The monoisotopic (exact) mass is 447 g/mol. The largest absolute Gasteiger partial charge is 0.426 e. The predicted octanol–water partition coefficient (Wildman–Crippen LogP) is 6.26. The normalized spacial score (nSPS) is 14.7. The fraction of sp³-hybridized carbons (Fsp3) is 0.286. The highest BCUT2D eigenvalue weighted by molar-refractivity contribution is 7.99. The topological polar surface area (TPSA) is 68.0 Å². The van der Waals surface area contributed by atoms with Gasteiger partial charge in [0.2, 0.25) is 5.76 Å². The lowest BCUT2D eigenvalue weighted by molar-refractivity contribution is 0.0894. The van der Waals surface area contributed by atoms with Gasteiger partial charge in [0, 0.05) is 44.5 Å². The van der Waals surface area contributed by atoms with Crippen LogP contribution in [-0.2, 0) is 0 Å². The Labute approximate surface area is 183 Å². The summed E-state index contributed by atoms with van der Waals surface area (Å²) < 4.78 is 5.64. The number of nitrogens with one attached hydrogen (secondary N) is 1. The van der Waals surface area contributed by atoms with E-state index in [4.69, 9.17) is 27.6 Å². The minimum atomic E-state index is -0.212. The summed E-state index contributed by atoms with van der Waals surface area (Å²) >= 11 is 13.6. The first kappa shape index (κ1) is 20.3. The second kappa shape index (κ2) is 9.20. The maximum atomic E-state index is 12.4. The van der Waals surface area contributed by atoms with Crippen LogP contribution in [0.5, 0.6) is 0 Å². The Morgan fingerprint density at radius 3 is 2.72 bits per heavy atom. The smallest absolute Gasteiger partial charge is 0.288 e. The van der Waals surface area contributed by atoms with Gasteiger partial charge in [0.15, 0.2) is 0 Å². The Bertz CT molecular complexity index is 1020. The number of amides is 1. The van der Waals surface area contributed by atoms with E-state index in [1.807, 2.05) is 12.1 Å². The van der Waals surface area contributed by atoms with Crippen LogP contribution in [0.25, 0.3) is 11.1 Å². The zero-order valence-corrected chi connectivity index (χ0v) is 17.9. The molecule has 2 aromatic heterocycles. The molecule has 0 spiro atoms. The first-order valence-corrected chi connectivity index (χ1v) is 11.0. The van der Waals surface area contributed by atoms with Crippen molar-refractivity contribution in [3.05, 3.63) is 58.7 Å². The lowest BCUT2D eigenvalue weighted by Gasteiger charge is -2.21. The molecule has 1 fully saturated rings. The van der Waals surface area contributed by atoms with Gasteiger partial charge < -0.3 is 9.73 Å². The van der Waals surface area contributed by atoms with Crippen molar-refractivity contribution in [3.8, 4) is 11.1 Å². The number of oxazole rings is 1.